The molecule has 0 unspecified atom stereocenters. The first kappa shape index (κ1) is 24.4. The van der Waals surface area contributed by atoms with Gasteiger partial charge in [-0.1, -0.05) is 17.7 Å². The van der Waals surface area contributed by atoms with E-state index in [9.17, 15) is 18.0 Å². The van der Waals surface area contributed by atoms with E-state index >= 15 is 0 Å². The topological polar surface area (TPSA) is 115 Å². The van der Waals surface area contributed by atoms with E-state index in [0.717, 1.165) is 5.56 Å². The van der Waals surface area contributed by atoms with Gasteiger partial charge in [-0.25, -0.2) is 17.9 Å². The summed E-state index contributed by atoms with van der Waals surface area (Å²) in [7, 11) is -0.944. The van der Waals surface area contributed by atoms with Crippen LogP contribution in [-0.4, -0.2) is 52.6 Å². The summed E-state index contributed by atoms with van der Waals surface area (Å²) < 4.78 is 43.0. The summed E-state index contributed by atoms with van der Waals surface area (Å²) in [4.78, 5) is 26.8. The number of ether oxygens (including phenoxy) is 2. The first-order valence-corrected chi connectivity index (χ1v) is 11.6. The predicted octanol–water partition coefficient (Wildman–Crippen LogP) is 2.39. The van der Waals surface area contributed by atoms with E-state index in [1.165, 1.54) is 37.3 Å². The lowest BCUT2D eigenvalue weighted by atomic mass is 10.1. The molecule has 0 fully saturated rings. The third-order valence-corrected chi connectivity index (χ3v) is 6.57. The zero-order chi connectivity index (χ0) is 24.2. The largest absolute Gasteiger partial charge is 0.465 e. The van der Waals surface area contributed by atoms with Gasteiger partial charge in [0.15, 0.2) is 0 Å². The Bertz CT molecular complexity index is 1210. The Balaban J connectivity index is 1.80. The number of nitrogens with one attached hydrogen (secondary N) is 1. The fourth-order valence-corrected chi connectivity index (χ4v) is 4.35. The summed E-state index contributed by atoms with van der Waals surface area (Å²) in [6.07, 6.45) is 1.45. The molecule has 10 heteroatoms. The SMILES string of the molecule is COCCN1C(=O)/C(=C/c2ccc(CNS(=O)(=O)c3ccc(C)cc3)o2)C(C(=O)OC)=C1C. The van der Waals surface area contributed by atoms with Gasteiger partial charge in [0, 0.05) is 19.4 Å². The number of hydrogen-bond acceptors (Lipinski definition) is 7. The van der Waals surface area contributed by atoms with Crippen molar-refractivity contribution in [2.24, 2.45) is 0 Å². The summed E-state index contributed by atoms with van der Waals surface area (Å²) in [5.41, 5.74) is 1.71. The summed E-state index contributed by atoms with van der Waals surface area (Å²) in [5.74, 6) is -0.363. The zero-order valence-corrected chi connectivity index (χ0v) is 19.7. The van der Waals surface area contributed by atoms with Gasteiger partial charge in [0.2, 0.25) is 10.0 Å². The van der Waals surface area contributed by atoms with Crippen LogP contribution < -0.4 is 4.72 Å². The molecule has 176 valence electrons. The molecule has 0 aliphatic carbocycles. The van der Waals surface area contributed by atoms with Crippen molar-refractivity contribution in [2.45, 2.75) is 25.3 Å². The third kappa shape index (κ3) is 5.41. The van der Waals surface area contributed by atoms with E-state index in [1.54, 1.807) is 31.2 Å². The molecule has 0 radical (unpaired) electrons. The summed E-state index contributed by atoms with van der Waals surface area (Å²) in [6.45, 7) is 4.04. The van der Waals surface area contributed by atoms with Crippen LogP contribution in [0.15, 0.2) is 62.6 Å². The number of carbonyl (C=O) groups excluding carboxylic acids is 2. The lowest BCUT2D eigenvalue weighted by Crippen LogP contribution is -2.28. The summed E-state index contributed by atoms with van der Waals surface area (Å²) in [6, 6.07) is 9.68. The molecule has 0 bridgehead atoms. The molecule has 33 heavy (non-hydrogen) atoms. The third-order valence-electron chi connectivity index (χ3n) is 5.16. The quantitative estimate of drug-likeness (QED) is 0.438. The smallest absolute Gasteiger partial charge is 0.340 e. The van der Waals surface area contributed by atoms with Gasteiger partial charge in [-0.3, -0.25) is 4.79 Å². The van der Waals surface area contributed by atoms with Crippen molar-refractivity contribution in [3.63, 3.8) is 0 Å². The van der Waals surface area contributed by atoms with E-state index in [4.69, 9.17) is 13.9 Å². The van der Waals surface area contributed by atoms with Crippen molar-refractivity contribution in [1.29, 1.82) is 0 Å². The highest BCUT2D eigenvalue weighted by Crippen LogP contribution is 2.31. The lowest BCUT2D eigenvalue weighted by molar-refractivity contribution is -0.136. The Morgan fingerprint density at radius 1 is 1.12 bits per heavy atom. The Morgan fingerprint density at radius 3 is 2.45 bits per heavy atom. The number of amides is 1. The molecule has 0 saturated heterocycles. The van der Waals surface area contributed by atoms with Gasteiger partial charge in [-0.2, -0.15) is 0 Å². The molecular formula is C23H26N2O7S. The summed E-state index contributed by atoms with van der Waals surface area (Å²) in [5, 5.41) is 0. The minimum absolute atomic E-state index is 0.0774. The second-order valence-corrected chi connectivity index (χ2v) is 9.17. The highest BCUT2D eigenvalue weighted by molar-refractivity contribution is 7.89. The van der Waals surface area contributed by atoms with Crippen LogP contribution in [0.25, 0.3) is 6.08 Å². The molecule has 1 aliphatic rings. The van der Waals surface area contributed by atoms with E-state index < -0.39 is 16.0 Å². The Morgan fingerprint density at radius 2 is 1.82 bits per heavy atom. The maximum atomic E-state index is 12.9. The van der Waals surface area contributed by atoms with Crippen molar-refractivity contribution in [3.8, 4) is 0 Å². The zero-order valence-electron chi connectivity index (χ0n) is 18.9. The number of aryl methyl sites for hydroxylation is 1. The minimum Gasteiger partial charge on any atom is -0.465 e. The lowest BCUT2D eigenvalue weighted by Gasteiger charge is -2.16. The van der Waals surface area contributed by atoms with Gasteiger partial charge < -0.3 is 18.8 Å². The van der Waals surface area contributed by atoms with Crippen LogP contribution in [0.3, 0.4) is 0 Å². The van der Waals surface area contributed by atoms with Gasteiger partial charge >= 0.3 is 5.97 Å². The first-order chi connectivity index (χ1) is 15.7. The Labute approximate surface area is 192 Å². The Hall–Kier alpha value is -3.21. The normalized spacial score (nSPS) is 15.6. The van der Waals surface area contributed by atoms with Crippen molar-refractivity contribution >= 4 is 28.0 Å². The molecule has 1 amide bonds. The monoisotopic (exact) mass is 474 g/mol. The minimum atomic E-state index is -3.71. The maximum absolute atomic E-state index is 12.9. The molecule has 1 N–H and O–H groups in total. The van der Waals surface area contributed by atoms with E-state index in [2.05, 4.69) is 4.72 Å². The number of methoxy groups -OCH3 is 2. The predicted molar refractivity (Wildman–Crippen MR) is 120 cm³/mol. The fraction of sp³-hybridized carbons (Fsp3) is 0.304. The average Bonchev–Trinajstić information content (AvgIpc) is 3.33. The van der Waals surface area contributed by atoms with Crippen molar-refractivity contribution in [3.05, 3.63) is 70.3 Å². The molecule has 0 saturated carbocycles. The molecule has 3 rings (SSSR count). The van der Waals surface area contributed by atoms with Crippen LogP contribution in [0, 0.1) is 6.92 Å². The highest BCUT2D eigenvalue weighted by Gasteiger charge is 2.37. The van der Waals surface area contributed by atoms with Gasteiger partial charge in [0.1, 0.15) is 11.5 Å². The van der Waals surface area contributed by atoms with Gasteiger partial charge in [0.05, 0.1) is 36.3 Å². The molecule has 9 nitrogen and oxygen atoms in total. The fourth-order valence-electron chi connectivity index (χ4n) is 3.36. The highest BCUT2D eigenvalue weighted by atomic mass is 32.2. The molecule has 1 aromatic carbocycles. The van der Waals surface area contributed by atoms with Crippen LogP contribution in [0.5, 0.6) is 0 Å². The number of furan rings is 1. The second kappa shape index (κ2) is 10.2. The molecular weight excluding hydrogens is 448 g/mol. The van der Waals surface area contributed by atoms with Crippen molar-refractivity contribution < 1.29 is 31.9 Å². The van der Waals surface area contributed by atoms with E-state index in [0.29, 0.717) is 23.8 Å². The average molecular weight is 475 g/mol. The molecule has 1 aromatic heterocycles. The standard InChI is InChI=1S/C23H26N2O7S/c1-15-5-9-19(10-6-15)33(28,29)24-14-18-8-7-17(32-18)13-20-21(23(27)31-4)16(2)25(22(20)26)11-12-30-3/h5-10,13,24H,11-12,14H2,1-4H3/b20-13+. The van der Waals surface area contributed by atoms with Crippen molar-refractivity contribution in [1.82, 2.24) is 9.62 Å². The number of nitrogens with zero attached hydrogens (tertiary/aromatic N) is 1. The number of hydrogen-bond donors (Lipinski definition) is 1. The second-order valence-electron chi connectivity index (χ2n) is 7.40. The number of carbonyl (C=O) groups is 2. The summed E-state index contributed by atoms with van der Waals surface area (Å²) >= 11 is 0. The van der Waals surface area contributed by atoms with Crippen LogP contribution in [0.2, 0.25) is 0 Å². The van der Waals surface area contributed by atoms with Crippen LogP contribution in [0.4, 0.5) is 0 Å². The van der Waals surface area contributed by atoms with Crippen LogP contribution >= 0.6 is 0 Å². The number of allylic oxidation sites excluding steroid dienone is 1. The van der Waals surface area contributed by atoms with E-state index in [1.807, 2.05) is 6.92 Å². The van der Waals surface area contributed by atoms with Gasteiger partial charge in [-0.15, -0.1) is 0 Å². The van der Waals surface area contributed by atoms with Crippen LogP contribution in [0.1, 0.15) is 24.0 Å². The molecule has 1 aliphatic heterocycles. The molecule has 2 heterocycles. The van der Waals surface area contributed by atoms with Gasteiger partial charge in [0.25, 0.3) is 5.91 Å². The maximum Gasteiger partial charge on any atom is 0.340 e. The molecule has 2 aromatic rings. The number of sulfonamides is 1. The first-order valence-electron chi connectivity index (χ1n) is 10.1. The number of benzene rings is 1. The molecule has 0 atom stereocenters. The van der Waals surface area contributed by atoms with Gasteiger partial charge in [-0.05, 0) is 44.2 Å². The van der Waals surface area contributed by atoms with E-state index in [-0.39, 0.29) is 35.0 Å². The number of esters is 1. The number of rotatable bonds is 9. The Kier molecular flexibility index (Phi) is 7.52. The van der Waals surface area contributed by atoms with Crippen LogP contribution in [-0.2, 0) is 35.6 Å². The van der Waals surface area contributed by atoms with Crippen molar-refractivity contribution in [2.75, 3.05) is 27.4 Å². The molecule has 0 spiro atoms.